The molecule has 0 spiro atoms. The summed E-state index contributed by atoms with van der Waals surface area (Å²) in [6, 6.07) is 9.55. The SMILES string of the molecule is Cl.O=[N+]([O-])O[C@H]1CO[C@H]2[C@@H]1OC[C@@H]2NCCOc1ccccc1. The standard InChI is InChI=1S/C14H18N2O6.ClH/c17-16(18)22-12-9-21-13-11(8-20-14(12)13)15-6-7-19-10-4-2-1-3-5-10;/h1-5,11-15H,6-9H2;1H/t11-,12-,13+,14+;/m0./s1. The molecule has 9 heteroatoms. The Labute approximate surface area is 139 Å². The van der Waals surface area contributed by atoms with Gasteiger partial charge < -0.3 is 24.4 Å². The molecule has 0 bridgehead atoms. The molecule has 1 aromatic carbocycles. The normalized spacial score (nSPS) is 28.7. The van der Waals surface area contributed by atoms with E-state index in [4.69, 9.17) is 14.2 Å². The van der Waals surface area contributed by atoms with Crippen molar-refractivity contribution < 1.29 is 24.1 Å². The van der Waals surface area contributed by atoms with Crippen LogP contribution in [-0.2, 0) is 14.3 Å². The van der Waals surface area contributed by atoms with E-state index in [0.717, 1.165) is 5.75 Å². The number of ether oxygens (including phenoxy) is 3. The van der Waals surface area contributed by atoms with Gasteiger partial charge in [0.15, 0.2) is 6.10 Å². The van der Waals surface area contributed by atoms with Crippen molar-refractivity contribution in [1.29, 1.82) is 0 Å². The first-order valence-corrected chi connectivity index (χ1v) is 7.19. The van der Waals surface area contributed by atoms with Gasteiger partial charge in [-0.2, -0.15) is 0 Å². The number of halogens is 1. The molecule has 1 N–H and O–H groups in total. The summed E-state index contributed by atoms with van der Waals surface area (Å²) in [7, 11) is 0. The molecule has 1 aromatic rings. The van der Waals surface area contributed by atoms with Crippen molar-refractivity contribution in [2.75, 3.05) is 26.4 Å². The Morgan fingerprint density at radius 3 is 2.70 bits per heavy atom. The van der Waals surface area contributed by atoms with Gasteiger partial charge in [0.2, 0.25) is 0 Å². The first-order valence-electron chi connectivity index (χ1n) is 7.19. The fraction of sp³-hybridized carbons (Fsp3) is 0.571. The van der Waals surface area contributed by atoms with Gasteiger partial charge in [-0.25, -0.2) is 0 Å². The molecule has 0 amide bonds. The second-order valence-corrected chi connectivity index (χ2v) is 5.19. The van der Waals surface area contributed by atoms with Gasteiger partial charge in [0.25, 0.3) is 5.09 Å². The van der Waals surface area contributed by atoms with Crippen molar-refractivity contribution in [2.24, 2.45) is 0 Å². The van der Waals surface area contributed by atoms with Crippen LogP contribution in [0.3, 0.4) is 0 Å². The van der Waals surface area contributed by atoms with Crippen LogP contribution < -0.4 is 10.1 Å². The zero-order valence-corrected chi connectivity index (χ0v) is 13.1. The van der Waals surface area contributed by atoms with Crippen LogP contribution in [0.4, 0.5) is 0 Å². The molecule has 0 unspecified atom stereocenters. The second kappa shape index (κ2) is 8.30. The van der Waals surface area contributed by atoms with Crippen molar-refractivity contribution in [3.05, 3.63) is 40.4 Å². The molecule has 4 atom stereocenters. The fourth-order valence-electron chi connectivity index (χ4n) is 2.77. The second-order valence-electron chi connectivity index (χ2n) is 5.19. The Balaban J connectivity index is 0.00000192. The van der Waals surface area contributed by atoms with Crippen LogP contribution in [0.2, 0.25) is 0 Å². The summed E-state index contributed by atoms with van der Waals surface area (Å²) >= 11 is 0. The van der Waals surface area contributed by atoms with E-state index in [0.29, 0.717) is 19.8 Å². The molecule has 0 aromatic heterocycles. The third kappa shape index (κ3) is 4.44. The molecular weight excluding hydrogens is 328 g/mol. The molecule has 2 saturated heterocycles. The summed E-state index contributed by atoms with van der Waals surface area (Å²) in [5, 5.41) is 12.9. The van der Waals surface area contributed by atoms with E-state index in [-0.39, 0.29) is 31.2 Å². The number of nitrogens with one attached hydrogen (secondary N) is 1. The predicted molar refractivity (Wildman–Crippen MR) is 82.3 cm³/mol. The maximum absolute atomic E-state index is 10.4. The predicted octanol–water partition coefficient (Wildman–Crippen LogP) is 0.820. The third-order valence-electron chi connectivity index (χ3n) is 3.75. The van der Waals surface area contributed by atoms with Crippen LogP contribution in [0.25, 0.3) is 0 Å². The molecule has 2 fully saturated rings. The summed E-state index contributed by atoms with van der Waals surface area (Å²) in [5.41, 5.74) is 0. The van der Waals surface area contributed by atoms with Crippen LogP contribution in [0.5, 0.6) is 5.75 Å². The number of rotatable bonds is 7. The van der Waals surface area contributed by atoms with Gasteiger partial charge in [0.05, 0.1) is 19.3 Å². The molecule has 8 nitrogen and oxygen atoms in total. The first-order chi connectivity index (χ1) is 10.7. The molecular formula is C14H19ClN2O6. The van der Waals surface area contributed by atoms with E-state index in [2.05, 4.69) is 10.2 Å². The molecule has 2 heterocycles. The van der Waals surface area contributed by atoms with E-state index in [9.17, 15) is 10.1 Å². The minimum atomic E-state index is -0.797. The Morgan fingerprint density at radius 2 is 1.96 bits per heavy atom. The summed E-state index contributed by atoms with van der Waals surface area (Å²) < 4.78 is 16.7. The summed E-state index contributed by atoms with van der Waals surface area (Å²) in [6.45, 7) is 1.77. The Bertz CT molecular complexity index is 505. The number of para-hydroxylation sites is 1. The monoisotopic (exact) mass is 346 g/mol. The highest BCUT2D eigenvalue weighted by molar-refractivity contribution is 5.85. The number of fused-ring (bicyclic) bond motifs is 1. The fourth-order valence-corrected chi connectivity index (χ4v) is 2.77. The summed E-state index contributed by atoms with van der Waals surface area (Å²) in [4.78, 5) is 15.0. The highest BCUT2D eigenvalue weighted by atomic mass is 35.5. The average molecular weight is 347 g/mol. The number of hydrogen-bond acceptors (Lipinski definition) is 7. The van der Waals surface area contributed by atoms with Gasteiger partial charge >= 0.3 is 0 Å². The van der Waals surface area contributed by atoms with Crippen LogP contribution in [-0.4, -0.2) is 55.8 Å². The molecule has 2 aliphatic rings. The summed E-state index contributed by atoms with van der Waals surface area (Å²) in [5.74, 6) is 0.821. The zero-order chi connectivity index (χ0) is 15.4. The van der Waals surface area contributed by atoms with E-state index in [1.807, 2.05) is 30.3 Å². The lowest BCUT2D eigenvalue weighted by atomic mass is 10.1. The molecule has 0 radical (unpaired) electrons. The van der Waals surface area contributed by atoms with Crippen LogP contribution in [0.1, 0.15) is 0 Å². The maximum Gasteiger partial charge on any atom is 0.294 e. The van der Waals surface area contributed by atoms with Gasteiger partial charge in [0.1, 0.15) is 24.6 Å². The first kappa shape index (κ1) is 17.7. The van der Waals surface area contributed by atoms with E-state index in [1.54, 1.807) is 0 Å². The van der Waals surface area contributed by atoms with Gasteiger partial charge in [-0.1, -0.05) is 18.2 Å². The smallest absolute Gasteiger partial charge is 0.294 e. The third-order valence-corrected chi connectivity index (χ3v) is 3.75. The van der Waals surface area contributed by atoms with Crippen molar-refractivity contribution in [2.45, 2.75) is 24.4 Å². The molecule has 128 valence electrons. The Kier molecular flexibility index (Phi) is 6.40. The van der Waals surface area contributed by atoms with Gasteiger partial charge in [0, 0.05) is 6.54 Å². The zero-order valence-electron chi connectivity index (χ0n) is 12.3. The van der Waals surface area contributed by atoms with Crippen molar-refractivity contribution >= 4 is 12.4 Å². The topological polar surface area (TPSA) is 92.1 Å². The Hall–Kier alpha value is -1.61. The molecule has 23 heavy (non-hydrogen) atoms. The lowest BCUT2D eigenvalue weighted by Gasteiger charge is -2.17. The van der Waals surface area contributed by atoms with Gasteiger partial charge in [-0.05, 0) is 12.1 Å². The van der Waals surface area contributed by atoms with Crippen molar-refractivity contribution in [1.82, 2.24) is 5.32 Å². The highest BCUT2D eigenvalue weighted by Gasteiger charge is 2.49. The quantitative estimate of drug-likeness (QED) is 0.444. The van der Waals surface area contributed by atoms with Gasteiger partial charge in [-0.15, -0.1) is 22.5 Å². The summed E-state index contributed by atoms with van der Waals surface area (Å²) in [6.07, 6.45) is -1.26. The van der Waals surface area contributed by atoms with Crippen LogP contribution in [0.15, 0.2) is 30.3 Å². The number of nitrogens with zero attached hydrogens (tertiary/aromatic N) is 1. The molecule has 2 aliphatic heterocycles. The highest BCUT2D eigenvalue weighted by Crippen LogP contribution is 2.28. The minimum absolute atomic E-state index is 0. The largest absolute Gasteiger partial charge is 0.492 e. The lowest BCUT2D eigenvalue weighted by Crippen LogP contribution is -2.43. The molecule has 3 rings (SSSR count). The average Bonchev–Trinajstić information content (AvgIpc) is 3.08. The van der Waals surface area contributed by atoms with Crippen molar-refractivity contribution in [3.63, 3.8) is 0 Å². The van der Waals surface area contributed by atoms with Crippen LogP contribution >= 0.6 is 12.4 Å². The van der Waals surface area contributed by atoms with Crippen molar-refractivity contribution in [3.8, 4) is 5.75 Å². The van der Waals surface area contributed by atoms with E-state index in [1.165, 1.54) is 0 Å². The van der Waals surface area contributed by atoms with Gasteiger partial charge in [-0.3, -0.25) is 0 Å². The number of benzene rings is 1. The minimum Gasteiger partial charge on any atom is -0.492 e. The van der Waals surface area contributed by atoms with Crippen LogP contribution in [0, 0.1) is 10.1 Å². The molecule has 0 aliphatic carbocycles. The van der Waals surface area contributed by atoms with E-state index >= 15 is 0 Å². The number of hydrogen-bond donors (Lipinski definition) is 1. The molecule has 0 saturated carbocycles. The lowest BCUT2D eigenvalue weighted by molar-refractivity contribution is -0.769. The van der Waals surface area contributed by atoms with E-state index < -0.39 is 17.3 Å². The maximum atomic E-state index is 10.4. The Morgan fingerprint density at radius 1 is 1.22 bits per heavy atom.